The fourth-order valence-corrected chi connectivity index (χ4v) is 6.47. The fourth-order valence-electron chi connectivity index (χ4n) is 6.47. The van der Waals surface area contributed by atoms with Crippen LogP contribution in [0.15, 0.2) is 42.5 Å². The Kier molecular flexibility index (Phi) is 5.46. The number of carboxylic acid groups (broad SMARTS) is 1. The number of rotatable bonds is 4. The van der Waals surface area contributed by atoms with Crippen molar-refractivity contribution in [3.05, 3.63) is 70.3 Å². The van der Waals surface area contributed by atoms with E-state index in [1.165, 1.54) is 17.5 Å². The van der Waals surface area contributed by atoms with Crippen LogP contribution < -0.4 is 5.32 Å². The van der Waals surface area contributed by atoms with Crippen LogP contribution in [0.25, 0.3) is 0 Å². The maximum absolute atomic E-state index is 12.7. The van der Waals surface area contributed by atoms with Crippen LogP contribution in [-0.2, 0) is 22.5 Å². The molecule has 1 saturated carbocycles. The number of nitrogens with zero attached hydrogens (tertiary/aromatic N) is 1. The second-order valence-corrected chi connectivity index (χ2v) is 10.5. The first-order chi connectivity index (χ1) is 16.5. The maximum Gasteiger partial charge on any atom is 0.336 e. The van der Waals surface area contributed by atoms with Gasteiger partial charge in [-0.05, 0) is 78.2 Å². The molecule has 2 saturated heterocycles. The van der Waals surface area contributed by atoms with Crippen molar-refractivity contribution in [2.24, 2.45) is 5.41 Å². The van der Waals surface area contributed by atoms with Crippen molar-refractivity contribution in [2.45, 2.75) is 63.1 Å². The van der Waals surface area contributed by atoms with Crippen molar-refractivity contribution in [1.29, 1.82) is 0 Å². The fraction of sp³-hybridized carbons (Fsp3) is 0.500. The Labute approximate surface area is 200 Å². The van der Waals surface area contributed by atoms with Gasteiger partial charge in [0.05, 0.1) is 5.56 Å². The Morgan fingerprint density at radius 2 is 1.82 bits per heavy atom. The van der Waals surface area contributed by atoms with E-state index in [4.69, 9.17) is 4.74 Å². The lowest BCUT2D eigenvalue weighted by molar-refractivity contribution is -0.142. The van der Waals surface area contributed by atoms with E-state index in [9.17, 15) is 14.7 Å². The Balaban J connectivity index is 1.08. The number of carboxylic acids is 1. The van der Waals surface area contributed by atoms with Crippen LogP contribution in [0.3, 0.4) is 0 Å². The van der Waals surface area contributed by atoms with E-state index in [0.29, 0.717) is 23.4 Å². The highest BCUT2D eigenvalue weighted by Gasteiger charge is 2.55. The normalized spacial score (nSPS) is 27.4. The first-order valence-corrected chi connectivity index (χ1v) is 12.6. The third-order valence-electron chi connectivity index (χ3n) is 8.66. The molecule has 1 unspecified atom stereocenters. The zero-order chi connectivity index (χ0) is 23.3. The van der Waals surface area contributed by atoms with Gasteiger partial charge in [0.2, 0.25) is 0 Å². The van der Waals surface area contributed by atoms with Gasteiger partial charge in [0.1, 0.15) is 6.10 Å². The lowest BCUT2D eigenvalue weighted by atomic mass is 9.87. The van der Waals surface area contributed by atoms with Gasteiger partial charge in [-0.1, -0.05) is 36.4 Å². The van der Waals surface area contributed by atoms with Gasteiger partial charge in [-0.15, -0.1) is 0 Å². The number of likely N-dealkylation sites (tertiary alicyclic amines) is 1. The van der Waals surface area contributed by atoms with Crippen molar-refractivity contribution < 1.29 is 19.4 Å². The van der Waals surface area contributed by atoms with E-state index in [2.05, 4.69) is 29.6 Å². The number of hydrogen-bond acceptors (Lipinski definition) is 4. The molecule has 6 nitrogen and oxygen atoms in total. The van der Waals surface area contributed by atoms with Crippen molar-refractivity contribution in [3.8, 4) is 0 Å². The highest BCUT2D eigenvalue weighted by atomic mass is 16.5. The number of carbonyl (C=O) groups is 2. The van der Waals surface area contributed by atoms with Crippen molar-refractivity contribution in [3.63, 3.8) is 0 Å². The molecule has 1 aliphatic carbocycles. The molecular weight excluding hydrogens is 428 g/mol. The van der Waals surface area contributed by atoms with E-state index >= 15 is 0 Å². The van der Waals surface area contributed by atoms with Crippen molar-refractivity contribution in [1.82, 2.24) is 10.2 Å². The van der Waals surface area contributed by atoms with Crippen LogP contribution in [0.2, 0.25) is 0 Å². The van der Waals surface area contributed by atoms with E-state index in [-0.39, 0.29) is 18.1 Å². The summed E-state index contributed by atoms with van der Waals surface area (Å²) < 4.78 is 5.60. The molecular formula is C28H32N2O4. The smallest absolute Gasteiger partial charge is 0.336 e. The second-order valence-electron chi connectivity index (χ2n) is 10.5. The second kappa shape index (κ2) is 8.51. The molecule has 34 heavy (non-hydrogen) atoms. The molecule has 6 rings (SSSR count). The van der Waals surface area contributed by atoms with Gasteiger partial charge < -0.3 is 20.1 Å². The number of nitrogens with one attached hydrogen (secondary N) is 1. The van der Waals surface area contributed by atoms with Gasteiger partial charge in [0.15, 0.2) is 0 Å². The third-order valence-corrected chi connectivity index (χ3v) is 8.66. The topological polar surface area (TPSA) is 78.9 Å². The zero-order valence-electron chi connectivity index (χ0n) is 19.5. The summed E-state index contributed by atoms with van der Waals surface area (Å²) in [6, 6.07) is 14.8. The highest BCUT2D eigenvalue weighted by molar-refractivity contribution is 5.89. The van der Waals surface area contributed by atoms with Crippen LogP contribution in [-0.4, -0.2) is 47.7 Å². The summed E-state index contributed by atoms with van der Waals surface area (Å²) in [6.45, 7) is 3.02. The van der Waals surface area contributed by atoms with Crippen LogP contribution in [0.5, 0.6) is 0 Å². The van der Waals surface area contributed by atoms with Crippen molar-refractivity contribution >= 4 is 11.9 Å². The first-order valence-electron chi connectivity index (χ1n) is 12.6. The standard InChI is InChI=1S/C28H32N2O4/c31-26(25-5-2-14-34-25)30-12-10-28(11-13-30)16-23(28)18-6-8-19(9-7-18)24-15-20-3-1-4-21(27(32)33)22(20)17-29-24/h1,3-4,6-9,23-25,29H,2,5,10-17H2,(H,32,33)/t23-,24?,25-/m1/s1. The quantitative estimate of drug-likeness (QED) is 0.720. The number of fused-ring (bicyclic) bond motifs is 1. The molecule has 3 heterocycles. The molecule has 3 aliphatic heterocycles. The number of piperidine rings is 1. The highest BCUT2D eigenvalue weighted by Crippen LogP contribution is 2.65. The van der Waals surface area contributed by atoms with Gasteiger partial charge in [0, 0.05) is 32.3 Å². The zero-order valence-corrected chi connectivity index (χ0v) is 19.5. The summed E-state index contributed by atoms with van der Waals surface area (Å²) in [5, 5.41) is 13.0. The molecule has 2 N–H and O–H groups in total. The molecule has 6 heteroatoms. The molecule has 178 valence electrons. The van der Waals surface area contributed by atoms with Crippen LogP contribution in [0.1, 0.15) is 76.7 Å². The summed E-state index contributed by atoms with van der Waals surface area (Å²) in [6.07, 6.45) is 5.87. The predicted octanol–water partition coefficient (Wildman–Crippen LogP) is 4.05. The lowest BCUT2D eigenvalue weighted by Gasteiger charge is -2.34. The minimum absolute atomic E-state index is 0.200. The Bertz CT molecular complexity index is 1100. The summed E-state index contributed by atoms with van der Waals surface area (Å²) in [5.74, 6) is -0.0625. The van der Waals surface area contributed by atoms with Crippen LogP contribution in [0, 0.1) is 5.41 Å². The molecule has 4 aliphatic rings. The summed E-state index contributed by atoms with van der Waals surface area (Å²) in [4.78, 5) is 26.2. The Hall–Kier alpha value is -2.70. The number of hydrogen-bond donors (Lipinski definition) is 2. The van der Waals surface area contributed by atoms with E-state index in [0.717, 1.165) is 62.9 Å². The number of ether oxygens (including phenoxy) is 1. The molecule has 3 atom stereocenters. The maximum atomic E-state index is 12.7. The minimum Gasteiger partial charge on any atom is -0.478 e. The first kappa shape index (κ1) is 21.8. The molecule has 2 aromatic rings. The molecule has 3 fully saturated rings. The monoisotopic (exact) mass is 460 g/mol. The van der Waals surface area contributed by atoms with E-state index < -0.39 is 5.97 Å². The Morgan fingerprint density at radius 1 is 1.06 bits per heavy atom. The molecule has 0 aromatic heterocycles. The van der Waals surface area contributed by atoms with Crippen LogP contribution >= 0.6 is 0 Å². The van der Waals surface area contributed by atoms with Gasteiger partial charge in [-0.25, -0.2) is 4.79 Å². The summed E-state index contributed by atoms with van der Waals surface area (Å²) >= 11 is 0. The molecule has 2 aromatic carbocycles. The average Bonchev–Trinajstić information content (AvgIpc) is 3.28. The SMILES string of the molecule is O=C(O)c1cccc2c1CNC(c1ccc([C@H]3CC34CCN(C(=O)[C@H]3CCCO3)CC4)cc1)C2. The van der Waals surface area contributed by atoms with Gasteiger partial charge in [0.25, 0.3) is 5.91 Å². The number of amides is 1. The van der Waals surface area contributed by atoms with Crippen molar-refractivity contribution in [2.75, 3.05) is 19.7 Å². The average molecular weight is 461 g/mol. The van der Waals surface area contributed by atoms with E-state index in [1.54, 1.807) is 6.07 Å². The molecule has 1 amide bonds. The summed E-state index contributed by atoms with van der Waals surface area (Å²) in [5.41, 5.74) is 5.46. The van der Waals surface area contributed by atoms with Gasteiger partial charge in [-0.2, -0.15) is 0 Å². The third kappa shape index (κ3) is 3.83. The van der Waals surface area contributed by atoms with Gasteiger partial charge in [-0.3, -0.25) is 4.79 Å². The molecule has 1 spiro atoms. The Morgan fingerprint density at radius 3 is 2.53 bits per heavy atom. The van der Waals surface area contributed by atoms with Gasteiger partial charge >= 0.3 is 5.97 Å². The number of aromatic carboxylic acids is 1. The van der Waals surface area contributed by atoms with Crippen LogP contribution in [0.4, 0.5) is 0 Å². The minimum atomic E-state index is -0.859. The number of benzene rings is 2. The van der Waals surface area contributed by atoms with E-state index in [1.807, 2.05) is 17.0 Å². The molecule has 0 radical (unpaired) electrons. The molecule has 0 bridgehead atoms. The predicted molar refractivity (Wildman–Crippen MR) is 128 cm³/mol. The lowest BCUT2D eigenvalue weighted by Crippen LogP contribution is -2.44. The largest absolute Gasteiger partial charge is 0.478 e. The number of carbonyl (C=O) groups excluding carboxylic acids is 1. The summed E-state index contributed by atoms with van der Waals surface area (Å²) in [7, 11) is 0.